The van der Waals surface area contributed by atoms with Crippen molar-refractivity contribution in [3.63, 3.8) is 0 Å². The van der Waals surface area contributed by atoms with Crippen LogP contribution in [0.5, 0.6) is 0 Å². The van der Waals surface area contributed by atoms with E-state index in [1.807, 2.05) is 17.8 Å². The SMILES string of the molecule is CCC1=CN=C2C(=C(N)C1)NC(SC1=CC3=C(CC1c1nccs1)OCO3)N2CCCNS(=O)(=O)CC. The quantitative estimate of drug-likeness (QED) is 0.367. The van der Waals surface area contributed by atoms with E-state index in [0.717, 1.165) is 45.1 Å². The third-order valence-corrected chi connectivity index (χ3v) is 10.2. The highest BCUT2D eigenvalue weighted by Gasteiger charge is 2.39. The Kier molecular flexibility index (Phi) is 7.84. The normalized spacial score (nSPS) is 23.4. The summed E-state index contributed by atoms with van der Waals surface area (Å²) in [7, 11) is -3.25. The fourth-order valence-electron chi connectivity index (χ4n) is 4.51. The van der Waals surface area contributed by atoms with Crippen LogP contribution in [0.2, 0.25) is 0 Å². The minimum atomic E-state index is -3.25. The van der Waals surface area contributed by atoms with E-state index >= 15 is 0 Å². The molecule has 0 saturated carbocycles. The van der Waals surface area contributed by atoms with Crippen LogP contribution in [0.1, 0.15) is 50.5 Å². The lowest BCUT2D eigenvalue weighted by molar-refractivity contribution is 0.0725. The fraction of sp³-hybridized carbons (Fsp3) is 0.500. The molecular weight excluding hydrogens is 533 g/mol. The molecule has 200 valence electrons. The molecule has 13 heteroatoms. The first kappa shape index (κ1) is 26.1. The van der Waals surface area contributed by atoms with Crippen LogP contribution in [0.15, 0.2) is 62.2 Å². The molecule has 10 nitrogen and oxygen atoms in total. The van der Waals surface area contributed by atoms with Gasteiger partial charge in [0.25, 0.3) is 0 Å². The zero-order chi connectivity index (χ0) is 26.0. The Labute approximate surface area is 225 Å². The first-order chi connectivity index (χ1) is 17.9. The number of hydrogen-bond acceptors (Lipinski definition) is 11. The summed E-state index contributed by atoms with van der Waals surface area (Å²) < 4.78 is 37.9. The first-order valence-corrected chi connectivity index (χ1v) is 15.8. The summed E-state index contributed by atoms with van der Waals surface area (Å²) in [4.78, 5) is 12.7. The molecule has 1 fully saturated rings. The Morgan fingerprint density at radius 1 is 1.35 bits per heavy atom. The highest BCUT2D eigenvalue weighted by Crippen LogP contribution is 2.47. The molecule has 1 aromatic heterocycles. The fourth-order valence-corrected chi connectivity index (χ4v) is 7.31. The maximum atomic E-state index is 11.9. The number of fused-ring (bicyclic) bond motifs is 1. The van der Waals surface area contributed by atoms with Crippen molar-refractivity contribution in [3.05, 3.63) is 62.3 Å². The van der Waals surface area contributed by atoms with Crippen molar-refractivity contribution < 1.29 is 17.9 Å². The maximum absolute atomic E-state index is 11.9. The van der Waals surface area contributed by atoms with Gasteiger partial charge in [-0.2, -0.15) is 0 Å². The van der Waals surface area contributed by atoms with Gasteiger partial charge in [0, 0.05) is 60.2 Å². The minimum absolute atomic E-state index is 0.0629. The number of thiazole rings is 1. The molecule has 1 aliphatic carbocycles. The molecule has 2 atom stereocenters. The van der Waals surface area contributed by atoms with Crippen molar-refractivity contribution in [3.8, 4) is 0 Å². The third-order valence-electron chi connectivity index (χ3n) is 6.61. The highest BCUT2D eigenvalue weighted by atomic mass is 32.2. The van der Waals surface area contributed by atoms with E-state index in [4.69, 9.17) is 20.2 Å². The summed E-state index contributed by atoms with van der Waals surface area (Å²) in [6.45, 7) is 4.92. The average Bonchev–Trinajstić information content (AvgIpc) is 3.62. The molecule has 5 rings (SSSR count). The zero-order valence-corrected chi connectivity index (χ0v) is 23.3. The number of hydrogen-bond donors (Lipinski definition) is 3. The van der Waals surface area contributed by atoms with E-state index in [2.05, 4.69) is 32.9 Å². The van der Waals surface area contributed by atoms with Gasteiger partial charge in [0.15, 0.2) is 17.1 Å². The van der Waals surface area contributed by atoms with Gasteiger partial charge < -0.3 is 25.4 Å². The van der Waals surface area contributed by atoms with Gasteiger partial charge in [-0.3, -0.25) is 0 Å². The summed E-state index contributed by atoms with van der Waals surface area (Å²) >= 11 is 3.31. The molecule has 37 heavy (non-hydrogen) atoms. The number of nitrogens with two attached hydrogens (primary N) is 1. The van der Waals surface area contributed by atoms with Crippen molar-refractivity contribution in [2.24, 2.45) is 10.7 Å². The number of rotatable bonds is 10. The van der Waals surface area contributed by atoms with Crippen LogP contribution >= 0.6 is 23.1 Å². The van der Waals surface area contributed by atoms with Crippen molar-refractivity contribution in [2.75, 3.05) is 25.6 Å². The number of nitrogens with zero attached hydrogens (tertiary/aromatic N) is 3. The second-order valence-corrected chi connectivity index (χ2v) is 13.2. The lowest BCUT2D eigenvalue weighted by Crippen LogP contribution is -2.37. The number of sulfonamides is 1. The van der Waals surface area contributed by atoms with Gasteiger partial charge in [-0.1, -0.05) is 18.7 Å². The molecule has 1 saturated heterocycles. The first-order valence-electron chi connectivity index (χ1n) is 12.4. The molecule has 4 N–H and O–H groups in total. The number of ether oxygens (including phenoxy) is 2. The molecule has 0 amide bonds. The Bertz CT molecular complexity index is 1280. The number of allylic oxidation sites excluding steroid dienone is 4. The zero-order valence-electron chi connectivity index (χ0n) is 20.9. The monoisotopic (exact) mass is 564 g/mol. The van der Waals surface area contributed by atoms with Crippen LogP contribution in [0.3, 0.4) is 0 Å². The van der Waals surface area contributed by atoms with Gasteiger partial charge in [-0.25, -0.2) is 23.1 Å². The van der Waals surface area contributed by atoms with Crippen molar-refractivity contribution in [1.29, 1.82) is 0 Å². The summed E-state index contributed by atoms with van der Waals surface area (Å²) in [5.41, 5.74) is 9.15. The van der Waals surface area contributed by atoms with E-state index in [-0.39, 0.29) is 24.0 Å². The molecule has 3 aliphatic heterocycles. The molecule has 4 aliphatic rings. The molecule has 4 heterocycles. The van der Waals surface area contributed by atoms with E-state index in [1.54, 1.807) is 30.0 Å². The number of nitrogens with one attached hydrogen (secondary N) is 2. The maximum Gasteiger partial charge on any atom is 0.230 e. The van der Waals surface area contributed by atoms with Crippen molar-refractivity contribution in [1.82, 2.24) is 19.9 Å². The predicted octanol–water partition coefficient (Wildman–Crippen LogP) is 3.25. The largest absolute Gasteiger partial charge is 0.458 e. The van der Waals surface area contributed by atoms with Crippen LogP contribution in [-0.2, 0) is 19.5 Å². The Balaban J connectivity index is 1.42. The second-order valence-electron chi connectivity index (χ2n) is 9.00. The topological polar surface area (TPSA) is 131 Å². The Morgan fingerprint density at radius 2 is 2.22 bits per heavy atom. The van der Waals surface area contributed by atoms with Gasteiger partial charge in [-0.15, -0.1) is 11.3 Å². The Hall–Kier alpha value is -2.48. The second kappa shape index (κ2) is 11.1. The van der Waals surface area contributed by atoms with Crippen LogP contribution < -0.4 is 15.8 Å². The summed E-state index contributed by atoms with van der Waals surface area (Å²) in [5.74, 6) is 2.56. The molecule has 2 unspecified atom stereocenters. The van der Waals surface area contributed by atoms with Gasteiger partial charge >= 0.3 is 0 Å². The van der Waals surface area contributed by atoms with E-state index in [1.165, 1.54) is 5.57 Å². The van der Waals surface area contributed by atoms with Crippen LogP contribution in [0.4, 0.5) is 0 Å². The highest BCUT2D eigenvalue weighted by molar-refractivity contribution is 8.03. The molecule has 0 bridgehead atoms. The van der Waals surface area contributed by atoms with Crippen molar-refractivity contribution >= 4 is 39.0 Å². The number of aromatic nitrogens is 1. The van der Waals surface area contributed by atoms with Crippen LogP contribution in [0.25, 0.3) is 0 Å². The minimum Gasteiger partial charge on any atom is -0.458 e. The molecular formula is C24H32N6O4S3. The lowest BCUT2D eigenvalue weighted by atomic mass is 9.99. The third kappa shape index (κ3) is 5.69. The smallest absolute Gasteiger partial charge is 0.230 e. The summed E-state index contributed by atoms with van der Waals surface area (Å²) in [5, 5.41) is 6.63. The number of thioether (sulfide) groups is 1. The van der Waals surface area contributed by atoms with E-state index in [9.17, 15) is 8.42 Å². The number of aliphatic imine (C=N–C) groups is 1. The van der Waals surface area contributed by atoms with Gasteiger partial charge in [-0.05, 0) is 31.4 Å². The molecule has 0 aromatic carbocycles. The number of amidine groups is 1. The molecule has 0 spiro atoms. The van der Waals surface area contributed by atoms with Crippen LogP contribution in [-0.4, -0.2) is 55.3 Å². The lowest BCUT2D eigenvalue weighted by Gasteiger charge is -2.29. The van der Waals surface area contributed by atoms with E-state index in [0.29, 0.717) is 32.4 Å². The van der Waals surface area contributed by atoms with Gasteiger partial charge in [0.1, 0.15) is 10.8 Å². The molecule has 0 radical (unpaired) electrons. The average molecular weight is 565 g/mol. The Morgan fingerprint density at radius 3 is 2.97 bits per heavy atom. The standard InChI is InChI=1S/C24H32N6O4S3/c1-3-15-10-17(25)21-22(27-13-15)30(8-5-6-28-37(31,32)4-2)24(29-21)36-20-12-19-18(33-14-34-19)11-16(20)23-26-7-9-35-23/h7,9,12-13,16,24,28-29H,3-6,8,10-11,14,25H2,1-2H3. The molecule has 1 aromatic rings. The van der Waals surface area contributed by atoms with E-state index < -0.39 is 10.0 Å². The van der Waals surface area contributed by atoms with Gasteiger partial charge in [0.05, 0.1) is 11.4 Å². The summed E-state index contributed by atoms with van der Waals surface area (Å²) in [6.07, 6.45) is 8.65. The van der Waals surface area contributed by atoms with Crippen LogP contribution in [0, 0.1) is 0 Å². The predicted molar refractivity (Wildman–Crippen MR) is 147 cm³/mol. The van der Waals surface area contributed by atoms with Gasteiger partial charge in [0.2, 0.25) is 16.8 Å². The summed E-state index contributed by atoms with van der Waals surface area (Å²) in [6, 6.07) is 0. The van der Waals surface area contributed by atoms with Crippen molar-refractivity contribution in [2.45, 2.75) is 50.9 Å².